The van der Waals surface area contributed by atoms with Crippen LogP contribution in [0.25, 0.3) is 83.7 Å². The molecule has 11 rings (SSSR count). The van der Waals surface area contributed by atoms with Gasteiger partial charge in [0, 0.05) is 24.2 Å². The molecule has 0 aliphatic heterocycles. The molecule has 0 fully saturated rings. The van der Waals surface area contributed by atoms with Crippen LogP contribution in [0, 0.1) is 3.80 Å². The van der Waals surface area contributed by atoms with Crippen LogP contribution in [0.2, 0.25) is 0 Å². The van der Waals surface area contributed by atoms with Crippen LogP contribution in [0.4, 0.5) is 0 Å². The van der Waals surface area contributed by atoms with Gasteiger partial charge in [0.1, 0.15) is 0 Å². The number of benzene rings is 7. The second kappa shape index (κ2) is 16.0. The van der Waals surface area contributed by atoms with Crippen molar-refractivity contribution in [1.82, 2.24) is 28.7 Å². The molecule has 4 heterocycles. The summed E-state index contributed by atoms with van der Waals surface area (Å²) in [6, 6.07) is 63.8. The molecule has 4 aromatic heterocycles. The molecule has 0 aliphatic carbocycles. The van der Waals surface area contributed by atoms with Gasteiger partial charge < -0.3 is 0 Å². The van der Waals surface area contributed by atoms with Crippen molar-refractivity contribution < 1.29 is 24.1 Å². The van der Waals surface area contributed by atoms with Crippen molar-refractivity contribution in [3.05, 3.63) is 210 Å². The summed E-state index contributed by atoms with van der Waals surface area (Å²) in [5.74, 6) is 2.94. The Kier molecular flexibility index (Phi) is 9.86. The molecular formula is C56H42N6OPt. The second-order valence-corrected chi connectivity index (χ2v) is 17.9. The van der Waals surface area contributed by atoms with Crippen molar-refractivity contribution in [2.75, 3.05) is 0 Å². The summed E-state index contributed by atoms with van der Waals surface area (Å²) in [6.45, 7) is 6.65. The van der Waals surface area contributed by atoms with Crippen LogP contribution in [0.5, 0.6) is 11.5 Å². The molecule has 0 unspecified atom stereocenters. The van der Waals surface area contributed by atoms with Crippen LogP contribution in [-0.4, -0.2) is 28.7 Å². The minimum Gasteiger partial charge on any atom is -0.237 e. The molecule has 8 heteroatoms. The molecule has 0 N–H and O–H groups in total. The van der Waals surface area contributed by atoms with Crippen LogP contribution < -0.4 is 4.74 Å². The molecule has 0 saturated heterocycles. The maximum atomic E-state index is 6.82. The zero-order valence-electron chi connectivity index (χ0n) is 35.5. The molecular weight excluding hydrogens is 968 g/mol. The Morgan fingerprint density at radius 1 is 0.469 bits per heavy atom. The zero-order chi connectivity index (χ0) is 43.4. The topological polar surface area (TPSA) is 62.7 Å². The number of hydrogen-bond donors (Lipinski definition) is 0. The van der Waals surface area contributed by atoms with Crippen LogP contribution in [0.15, 0.2) is 201 Å². The van der Waals surface area contributed by atoms with Crippen molar-refractivity contribution >= 4 is 32.8 Å². The first kappa shape index (κ1) is 39.4. The smallest absolute Gasteiger partial charge is 0.237 e. The molecule has 7 nitrogen and oxygen atoms in total. The Labute approximate surface area is 382 Å². The van der Waals surface area contributed by atoms with Crippen molar-refractivity contribution in [3.63, 3.8) is 0 Å². The number of aromatic nitrogens is 6. The number of ether oxygens (including phenoxy) is 1. The molecule has 0 saturated carbocycles. The molecule has 0 atom stereocenters. The van der Waals surface area contributed by atoms with Crippen molar-refractivity contribution in [2.24, 2.45) is 0 Å². The van der Waals surface area contributed by atoms with Gasteiger partial charge in [-0.3, -0.25) is 0 Å². The summed E-state index contributed by atoms with van der Waals surface area (Å²) in [5.41, 5.74) is 12.9. The Morgan fingerprint density at radius 2 is 1.06 bits per heavy atom. The standard InChI is InChI=1S/C56H42N6O.Pt/c1-56(2,3)48-35-53(59-36-47(48)55-57-31-16-32-58-55)62-49-26-11-10-23-45(49)46-30-29-42(34-52(46)62)63-41-22-14-21-40(33-41)60-37-61(51-28-13-12-27-50(51)60)54-43(38-17-6-4-7-18-38)24-15-25-44(54)39-19-8-5-9-20-39;/h4-36H,1-3H3;. The van der Waals surface area contributed by atoms with Gasteiger partial charge in [0.15, 0.2) is 5.82 Å². The van der Waals surface area contributed by atoms with E-state index in [-0.39, 0.29) is 5.41 Å². The SMILES string of the molecule is CC(C)(C)c1cc(-n2c3ccccc3c3ccc(Oc4cccc(-n5[c](=[Pt])n(-c6c(-c7ccccc7)cccc6-c6ccccc6)c6ccccc65)c4)cc32)ncc1-c1ncccn1. The van der Waals surface area contributed by atoms with Gasteiger partial charge in [0.05, 0.1) is 0 Å². The van der Waals surface area contributed by atoms with Crippen molar-refractivity contribution in [3.8, 4) is 62.3 Å². The van der Waals surface area contributed by atoms with Crippen molar-refractivity contribution in [2.45, 2.75) is 26.2 Å². The van der Waals surface area contributed by atoms with Gasteiger partial charge in [-0.25, -0.2) is 9.97 Å². The van der Waals surface area contributed by atoms with Crippen LogP contribution >= 0.6 is 0 Å². The first-order valence-corrected chi connectivity index (χ1v) is 22.5. The van der Waals surface area contributed by atoms with Gasteiger partial charge in [-0.05, 0) is 17.0 Å². The van der Waals surface area contributed by atoms with Gasteiger partial charge in [0.2, 0.25) is 0 Å². The number of imidazole rings is 1. The maximum absolute atomic E-state index is 6.82. The fourth-order valence-electron chi connectivity index (χ4n) is 8.94. The average molecular weight is 1010 g/mol. The predicted molar refractivity (Wildman–Crippen MR) is 255 cm³/mol. The third kappa shape index (κ3) is 6.90. The van der Waals surface area contributed by atoms with Gasteiger partial charge in [0.25, 0.3) is 0 Å². The third-order valence-electron chi connectivity index (χ3n) is 11.8. The van der Waals surface area contributed by atoms with E-state index in [4.69, 9.17) is 9.72 Å². The number of nitrogens with zero attached hydrogens (tertiary/aromatic N) is 6. The Bertz CT molecular complexity index is 3530. The van der Waals surface area contributed by atoms with E-state index in [1.165, 1.54) is 0 Å². The molecule has 0 bridgehead atoms. The van der Waals surface area contributed by atoms with E-state index in [1.807, 2.05) is 18.3 Å². The summed E-state index contributed by atoms with van der Waals surface area (Å²) >= 11 is 2.49. The molecule has 0 amide bonds. The molecule has 11 aromatic rings. The van der Waals surface area contributed by atoms with Gasteiger partial charge in [-0.2, -0.15) is 0 Å². The number of hydrogen-bond acceptors (Lipinski definition) is 4. The van der Waals surface area contributed by atoms with E-state index in [0.717, 1.165) is 98.7 Å². The average Bonchev–Trinajstić information content (AvgIpc) is 3.82. The Morgan fingerprint density at radius 3 is 1.75 bits per heavy atom. The number of para-hydroxylation sites is 4. The molecule has 312 valence electrons. The Hall–Kier alpha value is -7.47. The molecule has 0 aliphatic rings. The Balaban J connectivity index is 1.03. The third-order valence-corrected chi connectivity index (χ3v) is 12.8. The quantitative estimate of drug-likeness (QED) is 0.152. The van der Waals surface area contributed by atoms with Crippen molar-refractivity contribution in [1.29, 1.82) is 0 Å². The minimum absolute atomic E-state index is 0.193. The van der Waals surface area contributed by atoms with Gasteiger partial charge in [-0.15, -0.1) is 0 Å². The molecule has 7 aromatic carbocycles. The van der Waals surface area contributed by atoms with E-state index < -0.39 is 0 Å². The minimum atomic E-state index is -0.193. The summed E-state index contributed by atoms with van der Waals surface area (Å²) in [4.78, 5) is 14.2. The second-order valence-electron chi connectivity index (χ2n) is 16.9. The van der Waals surface area contributed by atoms with Gasteiger partial charge >= 0.3 is 294 Å². The molecule has 64 heavy (non-hydrogen) atoms. The number of pyridine rings is 1. The zero-order valence-corrected chi connectivity index (χ0v) is 37.7. The van der Waals surface area contributed by atoms with E-state index in [1.54, 1.807) is 12.4 Å². The summed E-state index contributed by atoms with van der Waals surface area (Å²) in [6.07, 6.45) is 5.47. The fourth-order valence-corrected chi connectivity index (χ4v) is 10.0. The molecule has 0 spiro atoms. The van der Waals surface area contributed by atoms with E-state index in [2.05, 4.69) is 234 Å². The van der Waals surface area contributed by atoms with E-state index >= 15 is 0 Å². The van der Waals surface area contributed by atoms with Crippen LogP contribution in [0.1, 0.15) is 26.3 Å². The van der Waals surface area contributed by atoms with E-state index in [9.17, 15) is 0 Å². The monoisotopic (exact) mass is 1010 g/mol. The number of rotatable bonds is 8. The summed E-state index contributed by atoms with van der Waals surface area (Å²) in [7, 11) is 0. The first-order valence-electron chi connectivity index (χ1n) is 21.3. The summed E-state index contributed by atoms with van der Waals surface area (Å²) in [5, 5.41) is 2.27. The first-order chi connectivity index (χ1) is 31.3. The predicted octanol–water partition coefficient (Wildman–Crippen LogP) is 13.9. The summed E-state index contributed by atoms with van der Waals surface area (Å²) < 4.78 is 14.8. The van der Waals surface area contributed by atoms with Gasteiger partial charge in [-0.1, -0.05) is 32.9 Å². The normalized spacial score (nSPS) is 11.8. The number of fused-ring (bicyclic) bond motifs is 4. The van der Waals surface area contributed by atoms with Crippen LogP contribution in [0.3, 0.4) is 0 Å². The van der Waals surface area contributed by atoms with Crippen LogP contribution in [-0.2, 0) is 24.8 Å². The molecule has 0 radical (unpaired) electrons. The van der Waals surface area contributed by atoms with E-state index in [0.29, 0.717) is 5.82 Å². The fraction of sp³-hybridized carbons (Fsp3) is 0.0714.